The molecule has 4 aromatic rings. The van der Waals surface area contributed by atoms with Gasteiger partial charge in [-0.1, -0.05) is 30.3 Å². The molecule has 0 spiro atoms. The Morgan fingerprint density at radius 2 is 1.94 bits per heavy atom. The number of urea groups is 1. The Bertz CT molecular complexity index is 1240. The molecule has 8 nitrogen and oxygen atoms in total. The van der Waals surface area contributed by atoms with Crippen LogP contribution in [0, 0.1) is 6.92 Å². The summed E-state index contributed by atoms with van der Waals surface area (Å²) in [5.74, 6) is 0.670. The normalized spacial score (nSPS) is 13.2. The Morgan fingerprint density at radius 1 is 1.10 bits per heavy atom. The predicted molar refractivity (Wildman–Crippen MR) is 118 cm³/mol. The van der Waals surface area contributed by atoms with Gasteiger partial charge < -0.3 is 10.2 Å². The summed E-state index contributed by atoms with van der Waals surface area (Å²) in [5, 5.41) is 16.2. The molecule has 2 amide bonds. The van der Waals surface area contributed by atoms with Crippen LogP contribution in [0.5, 0.6) is 0 Å². The molecule has 5 rings (SSSR count). The van der Waals surface area contributed by atoms with Crippen molar-refractivity contribution in [3.8, 4) is 17.2 Å². The summed E-state index contributed by atoms with van der Waals surface area (Å²) >= 11 is 0. The van der Waals surface area contributed by atoms with Crippen molar-refractivity contribution in [3.05, 3.63) is 77.7 Å². The summed E-state index contributed by atoms with van der Waals surface area (Å²) in [6.07, 6.45) is 2.43. The molecule has 0 bridgehead atoms. The predicted octanol–water partition coefficient (Wildman–Crippen LogP) is 3.57. The van der Waals surface area contributed by atoms with E-state index >= 15 is 0 Å². The molecule has 156 valence electrons. The maximum Gasteiger partial charge on any atom is 0.322 e. The van der Waals surface area contributed by atoms with Gasteiger partial charge in [0.1, 0.15) is 12.0 Å². The standard InChI is InChI=1S/C23H23N7O/c1-16-7-6-8-17(13-16)25-23(31)29-12-11-20-19(14-29)21(27-28(20)2)22-26-24-15-30(22)18-9-4-3-5-10-18/h3-10,13,15H,11-12,14H2,1-2H3,(H,25,31). The maximum absolute atomic E-state index is 12.9. The zero-order valence-electron chi connectivity index (χ0n) is 17.5. The highest BCUT2D eigenvalue weighted by atomic mass is 16.2. The van der Waals surface area contributed by atoms with E-state index in [-0.39, 0.29) is 6.03 Å². The largest absolute Gasteiger partial charge is 0.322 e. The van der Waals surface area contributed by atoms with Gasteiger partial charge in [-0.3, -0.25) is 9.25 Å². The number of anilines is 1. The molecule has 0 aliphatic carbocycles. The van der Waals surface area contributed by atoms with Gasteiger partial charge in [-0.2, -0.15) is 5.10 Å². The molecule has 0 unspecified atom stereocenters. The molecule has 1 aliphatic rings. The van der Waals surface area contributed by atoms with Crippen LogP contribution >= 0.6 is 0 Å². The Morgan fingerprint density at radius 3 is 2.74 bits per heavy atom. The fourth-order valence-electron chi connectivity index (χ4n) is 4.04. The first-order valence-electron chi connectivity index (χ1n) is 10.2. The van der Waals surface area contributed by atoms with E-state index in [0.29, 0.717) is 18.9 Å². The molecule has 0 radical (unpaired) electrons. The quantitative estimate of drug-likeness (QED) is 0.557. The Balaban J connectivity index is 1.45. The van der Waals surface area contributed by atoms with E-state index in [1.165, 1.54) is 0 Å². The molecule has 8 heteroatoms. The summed E-state index contributed by atoms with van der Waals surface area (Å²) in [6.45, 7) is 3.11. The van der Waals surface area contributed by atoms with Gasteiger partial charge in [-0.25, -0.2) is 4.79 Å². The van der Waals surface area contributed by atoms with Crippen LogP contribution in [0.4, 0.5) is 10.5 Å². The molecule has 0 atom stereocenters. The number of rotatable bonds is 3. The lowest BCUT2D eigenvalue weighted by Crippen LogP contribution is -2.39. The number of aryl methyl sites for hydroxylation is 2. The van der Waals surface area contributed by atoms with Gasteiger partial charge >= 0.3 is 6.03 Å². The Kier molecular flexibility index (Phi) is 4.74. The molecule has 31 heavy (non-hydrogen) atoms. The van der Waals surface area contributed by atoms with Crippen LogP contribution in [0.25, 0.3) is 17.2 Å². The van der Waals surface area contributed by atoms with Gasteiger partial charge in [-0.05, 0) is 36.8 Å². The first kappa shape index (κ1) is 19.0. The molecule has 3 heterocycles. The fourth-order valence-corrected chi connectivity index (χ4v) is 4.04. The second kappa shape index (κ2) is 7.71. The average Bonchev–Trinajstić information content (AvgIpc) is 3.39. The van der Waals surface area contributed by atoms with Crippen molar-refractivity contribution in [2.45, 2.75) is 19.9 Å². The third-order valence-corrected chi connectivity index (χ3v) is 5.59. The topological polar surface area (TPSA) is 80.9 Å². The monoisotopic (exact) mass is 413 g/mol. The van der Waals surface area contributed by atoms with E-state index in [1.54, 1.807) is 6.33 Å². The zero-order chi connectivity index (χ0) is 21.4. The number of amides is 2. The Labute approximate surface area is 180 Å². The minimum atomic E-state index is -0.115. The van der Waals surface area contributed by atoms with E-state index in [2.05, 4.69) is 15.5 Å². The highest BCUT2D eigenvalue weighted by Gasteiger charge is 2.29. The van der Waals surface area contributed by atoms with Gasteiger partial charge in [0, 0.05) is 42.6 Å². The van der Waals surface area contributed by atoms with Crippen LogP contribution in [0.2, 0.25) is 0 Å². The summed E-state index contributed by atoms with van der Waals surface area (Å²) in [4.78, 5) is 14.8. The number of aromatic nitrogens is 5. The van der Waals surface area contributed by atoms with Crippen LogP contribution in [-0.2, 0) is 20.0 Å². The number of carbonyl (C=O) groups excluding carboxylic acids is 1. The van der Waals surface area contributed by atoms with E-state index in [0.717, 1.165) is 40.3 Å². The first-order chi connectivity index (χ1) is 15.1. The molecular weight excluding hydrogens is 390 g/mol. The molecule has 2 aromatic carbocycles. The van der Waals surface area contributed by atoms with Gasteiger partial charge in [0.15, 0.2) is 5.82 Å². The maximum atomic E-state index is 12.9. The molecule has 1 N–H and O–H groups in total. The molecular formula is C23H23N7O. The first-order valence-corrected chi connectivity index (χ1v) is 10.2. The van der Waals surface area contributed by atoms with E-state index in [1.807, 2.05) is 82.7 Å². The zero-order valence-corrected chi connectivity index (χ0v) is 17.5. The number of nitrogens with zero attached hydrogens (tertiary/aromatic N) is 6. The van der Waals surface area contributed by atoms with E-state index in [4.69, 9.17) is 5.10 Å². The highest BCUT2D eigenvalue weighted by molar-refractivity contribution is 5.89. The van der Waals surface area contributed by atoms with Crippen molar-refractivity contribution in [2.75, 3.05) is 11.9 Å². The van der Waals surface area contributed by atoms with Crippen molar-refractivity contribution in [1.82, 2.24) is 29.4 Å². The van der Waals surface area contributed by atoms with Gasteiger partial charge in [0.05, 0.1) is 6.54 Å². The number of benzene rings is 2. The molecule has 0 fully saturated rings. The van der Waals surface area contributed by atoms with Crippen molar-refractivity contribution >= 4 is 11.7 Å². The summed E-state index contributed by atoms with van der Waals surface area (Å²) in [6, 6.07) is 17.6. The van der Waals surface area contributed by atoms with Crippen molar-refractivity contribution in [3.63, 3.8) is 0 Å². The van der Waals surface area contributed by atoms with E-state index < -0.39 is 0 Å². The highest BCUT2D eigenvalue weighted by Crippen LogP contribution is 2.30. The average molecular weight is 413 g/mol. The van der Waals surface area contributed by atoms with Crippen molar-refractivity contribution < 1.29 is 4.79 Å². The summed E-state index contributed by atoms with van der Waals surface area (Å²) in [7, 11) is 1.94. The number of nitrogens with one attached hydrogen (secondary N) is 1. The van der Waals surface area contributed by atoms with Crippen LogP contribution in [0.3, 0.4) is 0 Å². The number of hydrogen-bond acceptors (Lipinski definition) is 4. The lowest BCUT2D eigenvalue weighted by molar-refractivity contribution is 0.206. The van der Waals surface area contributed by atoms with Crippen molar-refractivity contribution in [1.29, 1.82) is 0 Å². The smallest absolute Gasteiger partial charge is 0.320 e. The lowest BCUT2D eigenvalue weighted by atomic mass is 10.0. The SMILES string of the molecule is Cc1cccc(NC(=O)N2CCc3c(c(-c4nncn4-c4ccccc4)nn3C)C2)c1. The van der Waals surface area contributed by atoms with Gasteiger partial charge in [0.2, 0.25) is 0 Å². The minimum Gasteiger partial charge on any atom is -0.320 e. The second-order valence-corrected chi connectivity index (χ2v) is 7.73. The number of hydrogen-bond donors (Lipinski definition) is 1. The van der Waals surface area contributed by atoms with Crippen molar-refractivity contribution in [2.24, 2.45) is 7.05 Å². The minimum absolute atomic E-state index is 0.115. The van der Waals surface area contributed by atoms with Gasteiger partial charge in [0.25, 0.3) is 0 Å². The summed E-state index contributed by atoms with van der Waals surface area (Å²) < 4.78 is 3.82. The molecule has 0 saturated heterocycles. The molecule has 1 aliphatic heterocycles. The fraction of sp³-hybridized carbons (Fsp3) is 0.217. The lowest BCUT2D eigenvalue weighted by Gasteiger charge is -2.28. The van der Waals surface area contributed by atoms with E-state index in [9.17, 15) is 4.79 Å². The second-order valence-electron chi connectivity index (χ2n) is 7.73. The van der Waals surface area contributed by atoms with Crippen LogP contribution < -0.4 is 5.32 Å². The summed E-state index contributed by atoms with van der Waals surface area (Å²) in [5.41, 5.74) is 5.76. The Hall–Kier alpha value is -3.94. The van der Waals surface area contributed by atoms with Gasteiger partial charge in [-0.15, -0.1) is 10.2 Å². The number of fused-ring (bicyclic) bond motifs is 1. The third-order valence-electron chi connectivity index (χ3n) is 5.59. The number of carbonyl (C=O) groups is 1. The molecule has 2 aromatic heterocycles. The number of para-hydroxylation sites is 1. The van der Waals surface area contributed by atoms with Crippen LogP contribution in [0.15, 0.2) is 60.9 Å². The van der Waals surface area contributed by atoms with Crippen LogP contribution in [0.1, 0.15) is 16.8 Å². The van der Waals surface area contributed by atoms with Crippen LogP contribution in [-0.4, -0.2) is 42.0 Å². The molecule has 0 saturated carbocycles. The third kappa shape index (κ3) is 3.56.